The van der Waals surface area contributed by atoms with Gasteiger partial charge in [0.1, 0.15) is 6.54 Å². The van der Waals surface area contributed by atoms with Crippen LogP contribution in [0.25, 0.3) is 11.4 Å². The first-order chi connectivity index (χ1) is 14.7. The van der Waals surface area contributed by atoms with Gasteiger partial charge in [-0.1, -0.05) is 47.1 Å². The minimum atomic E-state index is -3.86. The van der Waals surface area contributed by atoms with Crippen molar-refractivity contribution in [2.45, 2.75) is 13.5 Å². The molecule has 164 valence electrons. The van der Waals surface area contributed by atoms with Crippen LogP contribution in [0.4, 0.5) is 5.69 Å². The van der Waals surface area contributed by atoms with Crippen LogP contribution < -0.4 is 4.31 Å². The number of benzene rings is 2. The van der Waals surface area contributed by atoms with Crippen molar-refractivity contribution in [1.82, 2.24) is 19.3 Å². The van der Waals surface area contributed by atoms with Crippen LogP contribution in [0.1, 0.15) is 11.5 Å². The maximum absolute atomic E-state index is 12.8. The number of rotatable bonds is 8. The van der Waals surface area contributed by atoms with Gasteiger partial charge in [-0.3, -0.25) is 4.79 Å². The fraction of sp³-hybridized carbons (Fsp3) is 0.286. The summed E-state index contributed by atoms with van der Waals surface area (Å²) in [6.07, 6.45) is 0. The second-order valence-electron chi connectivity index (χ2n) is 7.26. The van der Waals surface area contributed by atoms with Crippen LogP contribution in [0, 0.1) is 6.92 Å². The summed E-state index contributed by atoms with van der Waals surface area (Å²) in [5, 5.41) is 3.97. The zero-order valence-electron chi connectivity index (χ0n) is 17.9. The number of nitrogens with zero attached hydrogens (tertiary/aromatic N) is 5. The van der Waals surface area contributed by atoms with Crippen LogP contribution in [0.3, 0.4) is 0 Å². The van der Waals surface area contributed by atoms with Crippen molar-refractivity contribution in [1.29, 1.82) is 0 Å². The molecule has 10 heteroatoms. The van der Waals surface area contributed by atoms with E-state index in [4.69, 9.17) is 4.52 Å². The molecule has 3 aromatic rings. The quantitative estimate of drug-likeness (QED) is 0.530. The van der Waals surface area contributed by atoms with Gasteiger partial charge in [-0.15, -0.1) is 0 Å². The molecule has 0 fully saturated rings. The van der Waals surface area contributed by atoms with E-state index in [9.17, 15) is 13.2 Å². The standard InChI is InChI=1S/C21H25N5O4S/c1-16-9-8-10-17(13-16)21-22-19(30-23-21)14-25(4)20(27)15-26(31(28,29)24(2)3)18-11-6-5-7-12-18/h5-13H,14-15H2,1-4H3. The fourth-order valence-corrected chi connectivity index (χ4v) is 3.91. The lowest BCUT2D eigenvalue weighted by molar-refractivity contribution is -0.129. The number of amides is 1. The van der Waals surface area contributed by atoms with E-state index < -0.39 is 16.1 Å². The molecular weight excluding hydrogens is 418 g/mol. The summed E-state index contributed by atoms with van der Waals surface area (Å²) in [4.78, 5) is 18.5. The molecule has 0 saturated carbocycles. The minimum absolute atomic E-state index is 0.0578. The third kappa shape index (κ3) is 5.28. The molecule has 0 radical (unpaired) electrons. The van der Waals surface area contributed by atoms with Crippen molar-refractivity contribution in [3.05, 3.63) is 66.1 Å². The van der Waals surface area contributed by atoms with Gasteiger partial charge in [-0.25, -0.2) is 4.31 Å². The summed E-state index contributed by atoms with van der Waals surface area (Å²) in [5.41, 5.74) is 2.29. The molecule has 1 amide bonds. The van der Waals surface area contributed by atoms with Crippen LogP contribution in [-0.2, 0) is 21.5 Å². The first-order valence-electron chi connectivity index (χ1n) is 9.57. The molecule has 0 aliphatic rings. The highest BCUT2D eigenvalue weighted by Gasteiger charge is 2.28. The molecule has 2 aromatic carbocycles. The van der Waals surface area contributed by atoms with E-state index >= 15 is 0 Å². The lowest BCUT2D eigenvalue weighted by Crippen LogP contribution is -2.46. The summed E-state index contributed by atoms with van der Waals surface area (Å²) < 4.78 is 33.0. The Labute approximate surface area is 182 Å². The predicted octanol–water partition coefficient (Wildman–Crippen LogP) is 2.32. The topological polar surface area (TPSA) is 99.8 Å². The molecular formula is C21H25N5O4S. The molecule has 0 unspecified atom stereocenters. The zero-order valence-corrected chi connectivity index (χ0v) is 18.7. The second-order valence-corrected chi connectivity index (χ2v) is 9.33. The summed E-state index contributed by atoms with van der Waals surface area (Å²) >= 11 is 0. The second kappa shape index (κ2) is 9.27. The van der Waals surface area contributed by atoms with Crippen molar-refractivity contribution in [2.24, 2.45) is 0 Å². The molecule has 3 rings (SSSR count). The average Bonchev–Trinajstić information content (AvgIpc) is 3.20. The van der Waals surface area contributed by atoms with Crippen molar-refractivity contribution in [3.63, 3.8) is 0 Å². The zero-order chi connectivity index (χ0) is 22.6. The fourth-order valence-electron chi connectivity index (χ4n) is 2.85. The molecule has 1 aromatic heterocycles. The highest BCUT2D eigenvalue weighted by Crippen LogP contribution is 2.20. The Kier molecular flexibility index (Phi) is 6.71. The van der Waals surface area contributed by atoms with Crippen molar-refractivity contribution >= 4 is 21.8 Å². The molecule has 0 spiro atoms. The molecule has 0 bridgehead atoms. The Balaban J connectivity index is 1.74. The number of hydrogen-bond donors (Lipinski definition) is 0. The van der Waals surface area contributed by atoms with Gasteiger partial charge in [0.05, 0.1) is 12.2 Å². The Morgan fingerprint density at radius 1 is 1.03 bits per heavy atom. The normalized spacial score (nSPS) is 11.5. The number of aromatic nitrogens is 2. The number of para-hydroxylation sites is 1. The van der Waals surface area contributed by atoms with Crippen molar-refractivity contribution in [3.8, 4) is 11.4 Å². The van der Waals surface area contributed by atoms with E-state index in [0.29, 0.717) is 11.5 Å². The summed E-state index contributed by atoms with van der Waals surface area (Å²) in [6, 6.07) is 16.2. The van der Waals surface area contributed by atoms with Crippen molar-refractivity contribution < 1.29 is 17.7 Å². The van der Waals surface area contributed by atoms with Gasteiger partial charge in [-0.2, -0.15) is 17.7 Å². The van der Waals surface area contributed by atoms with Gasteiger partial charge in [0.2, 0.25) is 17.6 Å². The summed E-state index contributed by atoms with van der Waals surface area (Å²) in [5.74, 6) is 0.277. The van der Waals surface area contributed by atoms with E-state index in [1.165, 1.54) is 19.0 Å². The van der Waals surface area contributed by atoms with Gasteiger partial charge >= 0.3 is 10.2 Å². The van der Waals surface area contributed by atoms with Gasteiger partial charge in [0.15, 0.2) is 0 Å². The van der Waals surface area contributed by atoms with Gasteiger partial charge in [0.25, 0.3) is 0 Å². The number of hydrogen-bond acceptors (Lipinski definition) is 6. The van der Waals surface area contributed by atoms with Crippen LogP contribution in [0.2, 0.25) is 0 Å². The van der Waals surface area contributed by atoms with Gasteiger partial charge in [0, 0.05) is 26.7 Å². The number of carbonyl (C=O) groups excluding carboxylic acids is 1. The van der Waals surface area contributed by atoms with Crippen molar-refractivity contribution in [2.75, 3.05) is 32.0 Å². The monoisotopic (exact) mass is 443 g/mol. The summed E-state index contributed by atoms with van der Waals surface area (Å²) in [7, 11) is 0.541. The first-order valence-corrected chi connectivity index (χ1v) is 11.0. The van der Waals surface area contributed by atoms with E-state index in [1.807, 2.05) is 31.2 Å². The predicted molar refractivity (Wildman–Crippen MR) is 117 cm³/mol. The molecule has 9 nitrogen and oxygen atoms in total. The third-order valence-corrected chi connectivity index (χ3v) is 6.43. The maximum Gasteiger partial charge on any atom is 0.304 e. The first kappa shape index (κ1) is 22.4. The van der Waals surface area contributed by atoms with Crippen LogP contribution in [0.5, 0.6) is 0 Å². The maximum atomic E-state index is 12.8. The number of aryl methyl sites for hydroxylation is 1. The lowest BCUT2D eigenvalue weighted by atomic mass is 10.1. The Bertz CT molecular complexity index is 1150. The number of carbonyl (C=O) groups is 1. The molecule has 1 heterocycles. The van der Waals surface area contributed by atoms with E-state index in [-0.39, 0.29) is 19.0 Å². The molecule has 31 heavy (non-hydrogen) atoms. The largest absolute Gasteiger partial charge is 0.337 e. The molecule has 0 aliphatic heterocycles. The lowest BCUT2D eigenvalue weighted by Gasteiger charge is -2.28. The van der Waals surface area contributed by atoms with Crippen LogP contribution in [-0.4, -0.2) is 61.4 Å². The third-order valence-electron chi connectivity index (χ3n) is 4.61. The van der Waals surface area contributed by atoms with E-state index in [1.54, 1.807) is 37.4 Å². The Morgan fingerprint density at radius 3 is 2.39 bits per heavy atom. The smallest absolute Gasteiger partial charge is 0.304 e. The van der Waals surface area contributed by atoms with Gasteiger partial charge in [-0.05, 0) is 25.1 Å². The SMILES string of the molecule is Cc1cccc(-c2noc(CN(C)C(=O)CN(c3ccccc3)S(=O)(=O)N(C)C)n2)c1. The van der Waals surface area contributed by atoms with Crippen LogP contribution >= 0.6 is 0 Å². The number of anilines is 1. The molecule has 0 N–H and O–H groups in total. The van der Waals surface area contributed by atoms with Crippen LogP contribution in [0.15, 0.2) is 59.1 Å². The highest BCUT2D eigenvalue weighted by molar-refractivity contribution is 7.90. The number of likely N-dealkylation sites (N-methyl/N-ethyl adjacent to an activating group) is 1. The van der Waals surface area contributed by atoms with E-state index in [2.05, 4.69) is 10.1 Å². The highest BCUT2D eigenvalue weighted by atomic mass is 32.2. The molecule has 0 atom stereocenters. The molecule has 0 saturated heterocycles. The van der Waals surface area contributed by atoms with E-state index in [0.717, 1.165) is 19.7 Å². The minimum Gasteiger partial charge on any atom is -0.337 e. The Hall–Kier alpha value is -3.24. The Morgan fingerprint density at radius 2 is 1.74 bits per heavy atom. The summed E-state index contributed by atoms with van der Waals surface area (Å²) in [6.45, 7) is 1.67. The molecule has 0 aliphatic carbocycles. The average molecular weight is 444 g/mol. The van der Waals surface area contributed by atoms with Gasteiger partial charge < -0.3 is 9.42 Å².